The zero-order valence-electron chi connectivity index (χ0n) is 12.1. The predicted molar refractivity (Wildman–Crippen MR) is 85.2 cm³/mol. The molecule has 116 valence electrons. The second kappa shape index (κ2) is 6.41. The van der Waals surface area contributed by atoms with Gasteiger partial charge in [-0.1, -0.05) is 0 Å². The molecule has 0 bridgehead atoms. The van der Waals surface area contributed by atoms with E-state index in [0.717, 1.165) is 5.56 Å². The van der Waals surface area contributed by atoms with Gasteiger partial charge in [-0.05, 0) is 61.1 Å². The van der Waals surface area contributed by atoms with Gasteiger partial charge in [-0.3, -0.25) is 5.10 Å². The Bertz CT molecular complexity index is 892. The molecular formula is C15H12N4O3S. The second-order valence-electron chi connectivity index (χ2n) is 4.57. The average Bonchev–Trinajstić information content (AvgIpc) is 3.18. The quantitative estimate of drug-likeness (QED) is 0.344. The van der Waals surface area contributed by atoms with Gasteiger partial charge in [-0.15, -0.1) is 0 Å². The number of hydrogen-bond acceptors (Lipinski definition) is 6. The van der Waals surface area contributed by atoms with Crippen molar-refractivity contribution in [3.05, 3.63) is 64.6 Å². The van der Waals surface area contributed by atoms with Crippen LogP contribution in [0.5, 0.6) is 5.75 Å². The Morgan fingerprint density at radius 2 is 2.17 bits per heavy atom. The number of nitrogens with zero attached hydrogens (tertiary/aromatic N) is 3. The van der Waals surface area contributed by atoms with E-state index >= 15 is 0 Å². The van der Waals surface area contributed by atoms with Crippen LogP contribution >= 0.6 is 12.2 Å². The van der Waals surface area contributed by atoms with Crippen molar-refractivity contribution in [2.75, 3.05) is 0 Å². The van der Waals surface area contributed by atoms with E-state index in [2.05, 4.69) is 15.3 Å². The van der Waals surface area contributed by atoms with Crippen molar-refractivity contribution < 1.29 is 13.9 Å². The van der Waals surface area contributed by atoms with Crippen LogP contribution in [0.2, 0.25) is 0 Å². The van der Waals surface area contributed by atoms with E-state index in [1.807, 2.05) is 0 Å². The lowest BCUT2D eigenvalue weighted by molar-refractivity contribution is 0.0701. The first-order chi connectivity index (χ1) is 11.1. The highest BCUT2D eigenvalue weighted by Crippen LogP contribution is 2.14. The highest BCUT2D eigenvalue weighted by atomic mass is 32.1. The lowest BCUT2D eigenvalue weighted by Crippen LogP contribution is -2.07. The van der Waals surface area contributed by atoms with Crippen molar-refractivity contribution in [2.45, 2.75) is 6.92 Å². The molecule has 0 aliphatic rings. The molecule has 0 atom stereocenters. The van der Waals surface area contributed by atoms with Gasteiger partial charge in [0.25, 0.3) is 0 Å². The van der Waals surface area contributed by atoms with Gasteiger partial charge in [0.05, 0.1) is 12.5 Å². The minimum absolute atomic E-state index is 0.153. The smallest absolute Gasteiger partial charge is 0.379 e. The van der Waals surface area contributed by atoms with Gasteiger partial charge < -0.3 is 9.15 Å². The number of H-pyrrole nitrogens is 1. The van der Waals surface area contributed by atoms with Crippen molar-refractivity contribution in [3.63, 3.8) is 0 Å². The summed E-state index contributed by atoms with van der Waals surface area (Å²) in [5.41, 5.74) is 0.824. The zero-order valence-corrected chi connectivity index (χ0v) is 12.9. The van der Waals surface area contributed by atoms with Gasteiger partial charge in [0.2, 0.25) is 10.5 Å². The van der Waals surface area contributed by atoms with Crippen LogP contribution < -0.4 is 4.74 Å². The maximum atomic E-state index is 11.7. The molecule has 0 saturated heterocycles. The molecule has 0 aliphatic carbocycles. The Labute approximate surface area is 136 Å². The van der Waals surface area contributed by atoms with Crippen LogP contribution in [0, 0.1) is 11.7 Å². The molecule has 0 spiro atoms. The molecule has 1 aromatic carbocycles. The van der Waals surface area contributed by atoms with Crippen LogP contribution in [0.3, 0.4) is 0 Å². The summed E-state index contributed by atoms with van der Waals surface area (Å²) in [6, 6.07) is 10.0. The van der Waals surface area contributed by atoms with E-state index in [-0.39, 0.29) is 5.76 Å². The third kappa shape index (κ3) is 3.43. The van der Waals surface area contributed by atoms with Crippen LogP contribution in [0.15, 0.2) is 52.2 Å². The summed E-state index contributed by atoms with van der Waals surface area (Å²) >= 11 is 5.06. The molecule has 2 aromatic heterocycles. The number of carbonyl (C=O) groups is 1. The van der Waals surface area contributed by atoms with Gasteiger partial charge in [0.1, 0.15) is 11.6 Å². The van der Waals surface area contributed by atoms with Crippen molar-refractivity contribution in [1.82, 2.24) is 14.9 Å². The zero-order chi connectivity index (χ0) is 16.2. The molecule has 0 saturated carbocycles. The van der Waals surface area contributed by atoms with E-state index in [4.69, 9.17) is 21.4 Å². The number of ether oxygens (including phenoxy) is 1. The lowest BCUT2D eigenvalue weighted by atomic mass is 10.2. The highest BCUT2D eigenvalue weighted by Gasteiger charge is 2.10. The molecule has 0 amide bonds. The molecule has 0 unspecified atom stereocenters. The molecule has 0 fully saturated rings. The average molecular weight is 328 g/mol. The van der Waals surface area contributed by atoms with E-state index in [0.29, 0.717) is 16.3 Å². The van der Waals surface area contributed by atoms with Crippen LogP contribution in [0.1, 0.15) is 21.9 Å². The fourth-order valence-corrected chi connectivity index (χ4v) is 2.03. The molecule has 1 N–H and O–H groups in total. The summed E-state index contributed by atoms with van der Waals surface area (Å²) in [7, 11) is 0. The van der Waals surface area contributed by atoms with Crippen LogP contribution in [0.4, 0.5) is 0 Å². The summed E-state index contributed by atoms with van der Waals surface area (Å²) in [4.78, 5) is 11.7. The highest BCUT2D eigenvalue weighted by molar-refractivity contribution is 7.71. The second-order valence-corrected chi connectivity index (χ2v) is 4.95. The molecule has 2 heterocycles. The number of aromatic amines is 1. The SMILES string of the molecule is Cc1n[nH]c(=S)n1/N=C/c1ccc(OC(=O)c2ccco2)cc1. The monoisotopic (exact) mass is 328 g/mol. The third-order valence-electron chi connectivity index (χ3n) is 2.95. The molecule has 3 rings (SSSR count). The van der Waals surface area contributed by atoms with Gasteiger partial charge in [-0.2, -0.15) is 14.9 Å². The number of nitrogens with one attached hydrogen (secondary N) is 1. The van der Waals surface area contributed by atoms with E-state index < -0.39 is 5.97 Å². The Balaban J connectivity index is 1.70. The van der Waals surface area contributed by atoms with Crippen LogP contribution in [-0.2, 0) is 0 Å². The maximum absolute atomic E-state index is 11.7. The lowest BCUT2D eigenvalue weighted by Gasteiger charge is -2.02. The van der Waals surface area contributed by atoms with Crippen LogP contribution in [0.25, 0.3) is 0 Å². The first kappa shape index (κ1) is 14.9. The van der Waals surface area contributed by atoms with Crippen molar-refractivity contribution in [3.8, 4) is 5.75 Å². The summed E-state index contributed by atoms with van der Waals surface area (Å²) in [6.45, 7) is 1.79. The molecule has 8 heteroatoms. The normalized spacial score (nSPS) is 11.0. The number of aromatic nitrogens is 3. The Kier molecular flexibility index (Phi) is 4.15. The number of rotatable bonds is 4. The molecule has 0 aliphatic heterocycles. The minimum Gasteiger partial charge on any atom is -0.457 e. The summed E-state index contributed by atoms with van der Waals surface area (Å²) in [5.74, 6) is 0.687. The molecular weight excluding hydrogens is 316 g/mol. The van der Waals surface area contributed by atoms with E-state index in [9.17, 15) is 4.79 Å². The van der Waals surface area contributed by atoms with Gasteiger partial charge >= 0.3 is 5.97 Å². The molecule has 0 radical (unpaired) electrons. The topological polar surface area (TPSA) is 85.4 Å². The summed E-state index contributed by atoms with van der Waals surface area (Å²) in [6.07, 6.45) is 3.05. The number of benzene rings is 1. The Morgan fingerprint density at radius 1 is 1.39 bits per heavy atom. The largest absolute Gasteiger partial charge is 0.457 e. The maximum Gasteiger partial charge on any atom is 0.379 e. The summed E-state index contributed by atoms with van der Waals surface area (Å²) < 4.78 is 12.1. The van der Waals surface area contributed by atoms with E-state index in [1.54, 1.807) is 49.5 Å². The first-order valence-corrected chi connectivity index (χ1v) is 7.08. The summed E-state index contributed by atoms with van der Waals surface area (Å²) in [5, 5.41) is 10.9. The number of carbonyl (C=O) groups excluding carboxylic acids is 1. The van der Waals surface area contributed by atoms with Crippen molar-refractivity contribution in [1.29, 1.82) is 0 Å². The Morgan fingerprint density at radius 3 is 2.78 bits per heavy atom. The molecule has 23 heavy (non-hydrogen) atoms. The third-order valence-corrected chi connectivity index (χ3v) is 3.21. The van der Waals surface area contributed by atoms with Crippen LogP contribution in [-0.4, -0.2) is 27.1 Å². The van der Waals surface area contributed by atoms with Gasteiger partial charge in [0.15, 0.2) is 0 Å². The molecule has 3 aromatic rings. The van der Waals surface area contributed by atoms with Crippen molar-refractivity contribution >= 4 is 24.4 Å². The van der Waals surface area contributed by atoms with E-state index in [1.165, 1.54) is 10.9 Å². The molecule has 7 nitrogen and oxygen atoms in total. The van der Waals surface area contributed by atoms with Gasteiger partial charge in [-0.25, -0.2) is 4.79 Å². The Hall–Kier alpha value is -3.00. The fourth-order valence-electron chi connectivity index (χ4n) is 1.80. The number of aryl methyl sites for hydroxylation is 1. The van der Waals surface area contributed by atoms with Gasteiger partial charge in [0, 0.05) is 0 Å². The predicted octanol–water partition coefficient (Wildman–Crippen LogP) is 2.94. The number of furan rings is 1. The fraction of sp³-hybridized carbons (Fsp3) is 0.0667. The standard InChI is InChI=1S/C15H12N4O3S/c1-10-17-18-15(23)19(10)16-9-11-4-6-12(7-5-11)22-14(20)13-3-2-8-21-13/h2-9H,1H3,(H,18,23)/b16-9+. The first-order valence-electron chi connectivity index (χ1n) is 6.67. The van der Waals surface area contributed by atoms with Crippen molar-refractivity contribution in [2.24, 2.45) is 5.10 Å². The minimum atomic E-state index is -0.545. The number of esters is 1. The number of hydrogen-bond donors (Lipinski definition) is 1.